The monoisotopic (exact) mass is 553 g/mol. The second-order valence-corrected chi connectivity index (χ2v) is 10.3. The van der Waals surface area contributed by atoms with Gasteiger partial charge in [0.05, 0.1) is 32.4 Å². The summed E-state index contributed by atoms with van der Waals surface area (Å²) in [6.45, 7) is 11.3. The first-order valence-electron chi connectivity index (χ1n) is 13.0. The first-order chi connectivity index (χ1) is 18.8. The van der Waals surface area contributed by atoms with Crippen LogP contribution in [0.4, 0.5) is 4.39 Å². The van der Waals surface area contributed by atoms with E-state index in [0.29, 0.717) is 23.3 Å². The molecule has 0 fully saturated rings. The van der Waals surface area contributed by atoms with Crippen molar-refractivity contribution in [3.8, 4) is 11.5 Å². The molecule has 1 aliphatic heterocycles. The highest BCUT2D eigenvalue weighted by Crippen LogP contribution is 2.39. The number of nitrogens with zero attached hydrogens (tertiary/aromatic N) is 1. The number of esters is 1. The molecule has 0 unspecified atom stereocenters. The van der Waals surface area contributed by atoms with Gasteiger partial charge in [-0.05, 0) is 54.2 Å². The quantitative estimate of drug-likeness (QED) is 0.251. The lowest BCUT2D eigenvalue weighted by Crippen LogP contribution is -2.30. The molecule has 3 rings (SSSR count). The average molecular weight is 554 g/mol. The topological polar surface area (TPSA) is 118 Å². The molecule has 0 saturated heterocycles. The lowest BCUT2D eigenvalue weighted by atomic mass is 9.82. The van der Waals surface area contributed by atoms with Gasteiger partial charge in [0.2, 0.25) is 5.91 Å². The number of ketones is 1. The predicted octanol–water partition coefficient (Wildman–Crippen LogP) is 4.59. The van der Waals surface area contributed by atoms with E-state index in [4.69, 9.17) is 19.6 Å². The Kier molecular flexibility index (Phi) is 9.34. The lowest BCUT2D eigenvalue weighted by molar-refractivity contribution is -0.137. The van der Waals surface area contributed by atoms with E-state index in [-0.39, 0.29) is 54.1 Å². The van der Waals surface area contributed by atoms with Gasteiger partial charge < -0.3 is 24.4 Å². The number of nitrogens with one attached hydrogen (secondary N) is 2. The number of hydrogen-bond acceptors (Lipinski definition) is 7. The van der Waals surface area contributed by atoms with Crippen molar-refractivity contribution in [2.75, 3.05) is 26.9 Å². The molecule has 0 aromatic heterocycles. The highest BCUT2D eigenvalue weighted by atomic mass is 19.1. The van der Waals surface area contributed by atoms with Crippen LogP contribution in [0.1, 0.15) is 74.2 Å². The maximum absolute atomic E-state index is 15.4. The van der Waals surface area contributed by atoms with Gasteiger partial charge in [-0.2, -0.15) is 0 Å². The van der Waals surface area contributed by atoms with Crippen molar-refractivity contribution in [2.45, 2.75) is 53.5 Å². The Hall–Kier alpha value is -4.21. The fraction of sp³-hybridized carbons (Fsp3) is 0.400. The van der Waals surface area contributed by atoms with Crippen molar-refractivity contribution in [1.82, 2.24) is 10.2 Å². The Bertz CT molecular complexity index is 1380. The highest BCUT2D eigenvalue weighted by molar-refractivity contribution is 6.06. The minimum absolute atomic E-state index is 0.0253. The fourth-order valence-electron chi connectivity index (χ4n) is 4.53. The first kappa shape index (κ1) is 30.3. The number of carbonyl (C=O) groups excluding carboxylic acids is 3. The molecule has 40 heavy (non-hydrogen) atoms. The molecule has 1 amide bonds. The van der Waals surface area contributed by atoms with Gasteiger partial charge in [0, 0.05) is 19.0 Å². The summed E-state index contributed by atoms with van der Waals surface area (Å²) in [6, 6.07) is 6.73. The smallest absolute Gasteiger partial charge is 0.354 e. The standard InChI is InChI=1S/C30H36FN3O6/c1-8-39-24-14-20-15-34(28(32)25(20)26(31)27(24)40-9-2)16-23(36)19-11-10-18(21(12-19)30(4,5)6)13-22(29(37)38-7)33-17(3)35/h10-14,32H,8-9,15-16H2,1-7H3,(H,33,35)/b22-13+,32-28?. The number of halogens is 1. The van der Waals surface area contributed by atoms with Crippen LogP contribution in [0.2, 0.25) is 0 Å². The van der Waals surface area contributed by atoms with E-state index in [2.05, 4.69) is 5.32 Å². The van der Waals surface area contributed by atoms with Crippen LogP contribution in [0.3, 0.4) is 0 Å². The van der Waals surface area contributed by atoms with Crippen molar-refractivity contribution in [3.63, 3.8) is 0 Å². The zero-order valence-electron chi connectivity index (χ0n) is 24.0. The Morgan fingerprint density at radius 3 is 2.38 bits per heavy atom. The average Bonchev–Trinajstić information content (AvgIpc) is 3.19. The van der Waals surface area contributed by atoms with Crippen molar-refractivity contribution >= 4 is 29.6 Å². The van der Waals surface area contributed by atoms with Crippen molar-refractivity contribution in [2.24, 2.45) is 0 Å². The number of Topliss-reactive ketones (excluding diaryl/α,β-unsaturated/α-hetero) is 1. The van der Waals surface area contributed by atoms with Crippen LogP contribution in [0.5, 0.6) is 11.5 Å². The zero-order chi connectivity index (χ0) is 29.8. The lowest BCUT2D eigenvalue weighted by Gasteiger charge is -2.24. The second-order valence-electron chi connectivity index (χ2n) is 10.3. The Morgan fingerprint density at radius 1 is 1.12 bits per heavy atom. The molecule has 0 spiro atoms. The second kappa shape index (κ2) is 12.3. The number of methoxy groups -OCH3 is 1. The number of benzene rings is 2. The molecule has 0 radical (unpaired) electrons. The predicted molar refractivity (Wildman–Crippen MR) is 149 cm³/mol. The number of amidine groups is 1. The number of ether oxygens (including phenoxy) is 3. The van der Waals surface area contributed by atoms with Crippen molar-refractivity contribution in [3.05, 3.63) is 63.6 Å². The summed E-state index contributed by atoms with van der Waals surface area (Å²) in [5, 5.41) is 11.1. The summed E-state index contributed by atoms with van der Waals surface area (Å²) in [6.07, 6.45) is 1.52. The molecule has 0 bridgehead atoms. The molecule has 9 nitrogen and oxygen atoms in total. The summed E-state index contributed by atoms with van der Waals surface area (Å²) < 4.78 is 31.2. The Labute approximate surface area is 233 Å². The minimum atomic E-state index is -0.699. The molecule has 214 valence electrons. The van der Waals surface area contributed by atoms with Crippen LogP contribution in [0.25, 0.3) is 6.08 Å². The third-order valence-electron chi connectivity index (χ3n) is 6.31. The van der Waals surface area contributed by atoms with Gasteiger partial charge in [-0.3, -0.25) is 15.0 Å². The number of fused-ring (bicyclic) bond motifs is 1. The van der Waals surface area contributed by atoms with Gasteiger partial charge in [0.1, 0.15) is 11.5 Å². The van der Waals surface area contributed by atoms with Crippen molar-refractivity contribution in [1.29, 1.82) is 5.41 Å². The van der Waals surface area contributed by atoms with Gasteiger partial charge in [-0.1, -0.05) is 32.9 Å². The van der Waals surface area contributed by atoms with Gasteiger partial charge in [-0.15, -0.1) is 0 Å². The molecule has 2 aromatic carbocycles. The van der Waals surface area contributed by atoms with E-state index >= 15 is 4.39 Å². The van der Waals surface area contributed by atoms with Gasteiger partial charge in [0.15, 0.2) is 23.1 Å². The van der Waals surface area contributed by atoms with Gasteiger partial charge in [-0.25, -0.2) is 9.18 Å². The summed E-state index contributed by atoms with van der Waals surface area (Å²) in [4.78, 5) is 38.8. The number of rotatable bonds is 10. The van der Waals surface area contributed by atoms with E-state index in [0.717, 1.165) is 5.56 Å². The molecule has 1 aliphatic rings. The third kappa shape index (κ3) is 6.50. The maximum Gasteiger partial charge on any atom is 0.354 e. The molecule has 1 heterocycles. The first-order valence-corrected chi connectivity index (χ1v) is 13.0. The summed E-state index contributed by atoms with van der Waals surface area (Å²) in [7, 11) is 1.22. The summed E-state index contributed by atoms with van der Waals surface area (Å²) in [5.41, 5.74) is 1.99. The van der Waals surface area contributed by atoms with Crippen LogP contribution in [0, 0.1) is 11.2 Å². The normalized spacial score (nSPS) is 13.2. The highest BCUT2D eigenvalue weighted by Gasteiger charge is 2.33. The van der Waals surface area contributed by atoms with Gasteiger partial charge in [0.25, 0.3) is 0 Å². The van der Waals surface area contributed by atoms with E-state index in [1.54, 1.807) is 38.1 Å². The van der Waals surface area contributed by atoms with Gasteiger partial charge >= 0.3 is 5.97 Å². The van der Waals surface area contributed by atoms with Crippen LogP contribution >= 0.6 is 0 Å². The van der Waals surface area contributed by atoms with E-state index in [9.17, 15) is 14.4 Å². The molecule has 10 heteroatoms. The molecule has 0 saturated carbocycles. The van der Waals surface area contributed by atoms with E-state index in [1.165, 1.54) is 25.0 Å². The number of amides is 1. The van der Waals surface area contributed by atoms with E-state index in [1.807, 2.05) is 20.8 Å². The zero-order valence-corrected chi connectivity index (χ0v) is 24.0. The molecule has 0 atom stereocenters. The largest absolute Gasteiger partial charge is 0.490 e. The molecule has 0 aliphatic carbocycles. The Balaban J connectivity index is 1.93. The van der Waals surface area contributed by atoms with Crippen molar-refractivity contribution < 1.29 is 33.0 Å². The summed E-state index contributed by atoms with van der Waals surface area (Å²) in [5.74, 6) is -1.92. The molecular weight excluding hydrogens is 517 g/mol. The Morgan fingerprint density at radius 2 is 1.80 bits per heavy atom. The maximum atomic E-state index is 15.4. The minimum Gasteiger partial charge on any atom is -0.490 e. The van der Waals surface area contributed by atoms with E-state index < -0.39 is 23.1 Å². The number of hydrogen-bond donors (Lipinski definition) is 2. The molecular formula is C30H36FN3O6. The molecule has 2 aromatic rings. The van der Waals surface area contributed by atoms with Crippen LogP contribution in [0.15, 0.2) is 30.0 Å². The van der Waals surface area contributed by atoms with Crippen LogP contribution in [-0.4, -0.2) is 55.3 Å². The van der Waals surface area contributed by atoms with Crippen LogP contribution < -0.4 is 14.8 Å². The number of carbonyl (C=O) groups is 3. The SMILES string of the molecule is CCOc1cc2c(c(F)c1OCC)C(=N)N(CC(=O)c1ccc(/C=C(/NC(C)=O)C(=O)OC)c(C(C)(C)C)c1)C2. The summed E-state index contributed by atoms with van der Waals surface area (Å²) >= 11 is 0. The third-order valence-corrected chi connectivity index (χ3v) is 6.31. The fourth-order valence-corrected chi connectivity index (χ4v) is 4.53. The molecule has 2 N–H and O–H groups in total. The van der Waals surface area contributed by atoms with Crippen LogP contribution in [-0.2, 0) is 26.3 Å².